The van der Waals surface area contributed by atoms with E-state index in [-0.39, 0.29) is 17.7 Å². The molecule has 3 N–H and O–H groups in total. The molecular formula is C8H16N2O2. The van der Waals surface area contributed by atoms with Gasteiger partial charge in [-0.2, -0.15) is 0 Å². The molecule has 0 heterocycles. The molecule has 0 bridgehead atoms. The molecule has 0 aromatic heterocycles. The van der Waals surface area contributed by atoms with Crippen LogP contribution >= 0.6 is 0 Å². The van der Waals surface area contributed by atoms with Gasteiger partial charge < -0.3 is 11.1 Å². The van der Waals surface area contributed by atoms with Gasteiger partial charge in [0.15, 0.2) is 0 Å². The van der Waals surface area contributed by atoms with Crippen molar-refractivity contribution in [3.05, 3.63) is 0 Å². The van der Waals surface area contributed by atoms with E-state index >= 15 is 0 Å². The molecule has 12 heavy (non-hydrogen) atoms. The number of rotatable bonds is 5. The summed E-state index contributed by atoms with van der Waals surface area (Å²) in [5.41, 5.74) is 5.08. The van der Waals surface area contributed by atoms with Crippen molar-refractivity contribution in [2.45, 2.75) is 26.7 Å². The number of hydrogen-bond donors (Lipinski definition) is 2. The van der Waals surface area contributed by atoms with E-state index in [9.17, 15) is 9.59 Å². The molecule has 0 aliphatic carbocycles. The van der Waals surface area contributed by atoms with E-state index in [4.69, 9.17) is 5.73 Å². The maximum absolute atomic E-state index is 10.8. The minimum absolute atomic E-state index is 0.0466. The van der Waals surface area contributed by atoms with Gasteiger partial charge in [-0.05, 0) is 6.42 Å². The lowest BCUT2D eigenvalue weighted by molar-refractivity contribution is -0.123. The van der Waals surface area contributed by atoms with E-state index in [1.807, 2.05) is 6.92 Å². The lowest BCUT2D eigenvalue weighted by atomic mass is 10.1. The zero-order valence-corrected chi connectivity index (χ0v) is 7.59. The molecule has 0 radical (unpaired) electrons. The highest BCUT2D eigenvalue weighted by Gasteiger charge is 2.12. The molecule has 0 saturated carbocycles. The molecule has 0 rings (SSSR count). The van der Waals surface area contributed by atoms with Crippen molar-refractivity contribution in [3.8, 4) is 0 Å². The number of primary amides is 1. The fourth-order valence-corrected chi connectivity index (χ4v) is 0.808. The minimum atomic E-state index is -0.353. The summed E-state index contributed by atoms with van der Waals surface area (Å²) in [6, 6.07) is 0. The maximum atomic E-state index is 10.8. The quantitative estimate of drug-likeness (QED) is 0.613. The van der Waals surface area contributed by atoms with Crippen molar-refractivity contribution >= 4 is 11.8 Å². The highest BCUT2D eigenvalue weighted by molar-refractivity contribution is 5.79. The maximum Gasteiger partial charge on any atom is 0.222 e. The molecule has 70 valence electrons. The first kappa shape index (κ1) is 10.9. The van der Waals surface area contributed by atoms with Crippen LogP contribution in [0.2, 0.25) is 0 Å². The molecule has 0 aromatic rings. The van der Waals surface area contributed by atoms with Crippen LogP contribution in [-0.2, 0) is 9.59 Å². The predicted molar refractivity (Wildman–Crippen MR) is 46.3 cm³/mol. The van der Waals surface area contributed by atoms with Gasteiger partial charge in [-0.3, -0.25) is 9.59 Å². The van der Waals surface area contributed by atoms with Crippen LogP contribution in [0.5, 0.6) is 0 Å². The Morgan fingerprint density at radius 2 is 2.00 bits per heavy atom. The topological polar surface area (TPSA) is 72.2 Å². The zero-order valence-electron chi connectivity index (χ0n) is 7.59. The van der Waals surface area contributed by atoms with Crippen LogP contribution in [0.4, 0.5) is 0 Å². The first-order chi connectivity index (χ1) is 5.61. The van der Waals surface area contributed by atoms with Crippen molar-refractivity contribution in [1.29, 1.82) is 0 Å². The number of nitrogens with one attached hydrogen (secondary N) is 1. The van der Waals surface area contributed by atoms with Crippen molar-refractivity contribution in [3.63, 3.8) is 0 Å². The fraction of sp³-hybridized carbons (Fsp3) is 0.750. The normalized spacial score (nSPS) is 12.2. The molecular weight excluding hydrogens is 156 g/mol. The first-order valence-electron chi connectivity index (χ1n) is 4.17. The summed E-state index contributed by atoms with van der Waals surface area (Å²) in [7, 11) is 0. The average Bonchev–Trinajstić information content (AvgIpc) is 2.04. The largest absolute Gasteiger partial charge is 0.369 e. The number of hydrogen-bond acceptors (Lipinski definition) is 2. The third kappa shape index (κ3) is 3.95. The van der Waals surface area contributed by atoms with E-state index < -0.39 is 0 Å². The Kier molecular flexibility index (Phi) is 5.08. The Labute approximate surface area is 72.5 Å². The van der Waals surface area contributed by atoms with Crippen LogP contribution in [0.15, 0.2) is 0 Å². The van der Waals surface area contributed by atoms with E-state index in [0.29, 0.717) is 19.4 Å². The van der Waals surface area contributed by atoms with Crippen molar-refractivity contribution in [2.75, 3.05) is 6.54 Å². The SMILES string of the molecule is CCC(=O)NC[C@@H](CC)C(N)=O. The summed E-state index contributed by atoms with van der Waals surface area (Å²) < 4.78 is 0. The van der Waals surface area contributed by atoms with Crippen LogP contribution in [0.25, 0.3) is 0 Å². The van der Waals surface area contributed by atoms with Gasteiger partial charge >= 0.3 is 0 Å². The lowest BCUT2D eigenvalue weighted by Crippen LogP contribution is -2.35. The minimum Gasteiger partial charge on any atom is -0.369 e. The standard InChI is InChI=1S/C8H16N2O2/c1-3-6(8(9)12)5-10-7(11)4-2/h6H,3-5H2,1-2H3,(H2,9,12)(H,10,11)/t6-/m1/s1. The summed E-state index contributed by atoms with van der Waals surface area (Å²) in [5.74, 6) is -0.635. The number of nitrogens with two attached hydrogens (primary N) is 1. The zero-order chi connectivity index (χ0) is 9.56. The monoisotopic (exact) mass is 172 g/mol. The molecule has 0 saturated heterocycles. The second-order valence-corrected chi connectivity index (χ2v) is 2.67. The highest BCUT2D eigenvalue weighted by Crippen LogP contribution is 1.98. The molecule has 0 unspecified atom stereocenters. The average molecular weight is 172 g/mol. The molecule has 4 heteroatoms. The van der Waals surface area contributed by atoms with E-state index in [2.05, 4.69) is 5.32 Å². The predicted octanol–water partition coefficient (Wildman–Crippen LogP) is 0.0241. The second kappa shape index (κ2) is 5.57. The molecule has 0 fully saturated rings. The highest BCUT2D eigenvalue weighted by atomic mass is 16.2. The Hall–Kier alpha value is -1.06. The second-order valence-electron chi connectivity index (χ2n) is 2.67. The van der Waals surface area contributed by atoms with Gasteiger partial charge in [0.05, 0.1) is 5.92 Å². The third-order valence-electron chi connectivity index (χ3n) is 1.76. The van der Waals surface area contributed by atoms with Gasteiger partial charge in [0.1, 0.15) is 0 Å². The molecule has 1 atom stereocenters. The van der Waals surface area contributed by atoms with E-state index in [1.54, 1.807) is 6.92 Å². The summed E-state index contributed by atoms with van der Waals surface area (Å²) in [4.78, 5) is 21.5. The third-order valence-corrected chi connectivity index (χ3v) is 1.76. The fourth-order valence-electron chi connectivity index (χ4n) is 0.808. The lowest BCUT2D eigenvalue weighted by Gasteiger charge is -2.10. The van der Waals surface area contributed by atoms with Gasteiger partial charge in [-0.1, -0.05) is 13.8 Å². The first-order valence-corrected chi connectivity index (χ1v) is 4.17. The summed E-state index contributed by atoms with van der Waals surface area (Å²) in [6.07, 6.45) is 1.11. The van der Waals surface area contributed by atoms with Crippen LogP contribution in [-0.4, -0.2) is 18.4 Å². The van der Waals surface area contributed by atoms with E-state index in [0.717, 1.165) is 0 Å². The van der Waals surface area contributed by atoms with E-state index in [1.165, 1.54) is 0 Å². The van der Waals surface area contributed by atoms with Crippen LogP contribution < -0.4 is 11.1 Å². The van der Waals surface area contributed by atoms with Crippen LogP contribution in [0.3, 0.4) is 0 Å². The Bertz CT molecular complexity index is 168. The summed E-state index contributed by atoms with van der Waals surface area (Å²) in [6.45, 7) is 3.99. The van der Waals surface area contributed by atoms with Gasteiger partial charge in [-0.15, -0.1) is 0 Å². The smallest absolute Gasteiger partial charge is 0.222 e. The van der Waals surface area contributed by atoms with Crippen molar-refractivity contribution < 1.29 is 9.59 Å². The Balaban J connectivity index is 3.73. The van der Waals surface area contributed by atoms with Gasteiger partial charge in [0, 0.05) is 13.0 Å². The Morgan fingerprint density at radius 1 is 1.42 bits per heavy atom. The van der Waals surface area contributed by atoms with Crippen LogP contribution in [0, 0.1) is 5.92 Å². The molecule has 4 nitrogen and oxygen atoms in total. The van der Waals surface area contributed by atoms with Gasteiger partial charge in [0.25, 0.3) is 0 Å². The summed E-state index contributed by atoms with van der Waals surface area (Å²) in [5, 5.41) is 2.62. The Morgan fingerprint density at radius 3 is 2.33 bits per heavy atom. The summed E-state index contributed by atoms with van der Waals surface area (Å²) >= 11 is 0. The van der Waals surface area contributed by atoms with Gasteiger partial charge in [-0.25, -0.2) is 0 Å². The van der Waals surface area contributed by atoms with Crippen LogP contribution in [0.1, 0.15) is 26.7 Å². The molecule has 0 aliphatic heterocycles. The van der Waals surface area contributed by atoms with Crippen molar-refractivity contribution in [1.82, 2.24) is 5.32 Å². The molecule has 0 aromatic carbocycles. The van der Waals surface area contributed by atoms with Crippen molar-refractivity contribution in [2.24, 2.45) is 11.7 Å². The van der Waals surface area contributed by atoms with Gasteiger partial charge in [0.2, 0.25) is 11.8 Å². The molecule has 0 aliphatic rings. The number of carbonyl (C=O) groups is 2. The molecule has 0 spiro atoms. The molecule has 2 amide bonds. The number of amides is 2. The number of carbonyl (C=O) groups excluding carboxylic acids is 2.